The van der Waals surface area contributed by atoms with Crippen molar-refractivity contribution in [3.63, 3.8) is 0 Å². The van der Waals surface area contributed by atoms with Gasteiger partial charge in [0, 0.05) is 6.54 Å². The van der Waals surface area contributed by atoms with Gasteiger partial charge >= 0.3 is 6.03 Å². The van der Waals surface area contributed by atoms with Crippen LogP contribution in [0.3, 0.4) is 0 Å². The summed E-state index contributed by atoms with van der Waals surface area (Å²) in [4.78, 5) is 24.6. The second kappa shape index (κ2) is 10.8. The Bertz CT molecular complexity index is 991. The number of hydrogen-bond donors (Lipinski definition) is 4. The lowest BCUT2D eigenvalue weighted by Gasteiger charge is -2.31. The van der Waals surface area contributed by atoms with Crippen LogP contribution < -0.4 is 16.0 Å². The molecule has 3 rings (SSSR count). The third kappa shape index (κ3) is 6.23. The zero-order valence-electron chi connectivity index (χ0n) is 17.5. The number of nitrogens with zero attached hydrogens (tertiary/aromatic N) is 1. The Morgan fingerprint density at radius 3 is 2.62 bits per heavy atom. The van der Waals surface area contributed by atoms with Crippen molar-refractivity contribution in [1.29, 1.82) is 0 Å². The number of nitrogens with one attached hydrogen (secondary N) is 3. The number of urea groups is 1. The molecule has 1 aliphatic rings. The maximum absolute atomic E-state index is 12.3. The fraction of sp³-hybridized carbons (Fsp3) is 0.381. The highest BCUT2D eigenvalue weighted by molar-refractivity contribution is 6.42. The van der Waals surface area contributed by atoms with E-state index in [1.165, 1.54) is 0 Å². The number of aromatic nitrogens is 1. The number of anilines is 1. The number of ether oxygens (including phenoxy) is 1. The van der Waals surface area contributed by atoms with E-state index in [1.807, 2.05) is 0 Å². The van der Waals surface area contributed by atoms with Crippen molar-refractivity contribution in [2.45, 2.75) is 45.1 Å². The first-order valence-corrected chi connectivity index (χ1v) is 10.7. The lowest BCUT2D eigenvalue weighted by atomic mass is 10.0. The summed E-state index contributed by atoms with van der Waals surface area (Å²) in [6.07, 6.45) is 2.21. The molecule has 11 heteroatoms. The molecule has 2 aromatic rings. The van der Waals surface area contributed by atoms with Crippen LogP contribution in [0, 0.1) is 13.8 Å². The first kappa shape index (κ1) is 24.1. The fourth-order valence-electron chi connectivity index (χ4n) is 3.20. The summed E-state index contributed by atoms with van der Waals surface area (Å²) in [6, 6.07) is 4.06. The predicted molar refractivity (Wildman–Crippen MR) is 120 cm³/mol. The first-order chi connectivity index (χ1) is 15.3. The molecule has 0 saturated heterocycles. The van der Waals surface area contributed by atoms with Crippen LogP contribution in [0.2, 0.25) is 10.0 Å². The summed E-state index contributed by atoms with van der Waals surface area (Å²) in [5.74, 6) is 0.253. The van der Waals surface area contributed by atoms with E-state index in [-0.39, 0.29) is 18.9 Å². The molecular formula is C21H24Cl2N4O5. The number of carbonyl (C=O) groups excluding carboxylic acids is 2. The Morgan fingerprint density at radius 1 is 1.19 bits per heavy atom. The Hall–Kier alpha value is -2.59. The minimum Gasteiger partial charge on any atom is -0.394 e. The standard InChI is InChI=1S/C21H24Cl2N4O5/c1-11-20(12(2)32-27-11)26-21(30)25-17-6-4-14(31-18(17)10-28)8-19(29)24-9-13-3-5-15(22)16(23)7-13/h3-7,14,17-18,28H,8-10H2,1-2H3,(H,24,29)(H2,25,26,30)/t14-,17-,18+/m0/s1. The molecule has 0 unspecified atom stereocenters. The molecule has 1 aromatic heterocycles. The predicted octanol–water partition coefficient (Wildman–Crippen LogP) is 3.11. The molecule has 2 heterocycles. The second-order valence-electron chi connectivity index (χ2n) is 7.33. The maximum atomic E-state index is 12.3. The van der Waals surface area contributed by atoms with Crippen LogP contribution in [0.25, 0.3) is 0 Å². The zero-order chi connectivity index (χ0) is 23.3. The number of carbonyl (C=O) groups is 2. The lowest BCUT2D eigenvalue weighted by molar-refractivity contribution is -0.125. The molecule has 32 heavy (non-hydrogen) atoms. The van der Waals surface area contributed by atoms with Gasteiger partial charge in [-0.05, 0) is 31.5 Å². The normalized spacial score (nSPS) is 20.1. The van der Waals surface area contributed by atoms with Gasteiger partial charge in [0.1, 0.15) is 17.5 Å². The summed E-state index contributed by atoms with van der Waals surface area (Å²) in [6.45, 7) is 3.36. The van der Waals surface area contributed by atoms with Gasteiger partial charge in [0.15, 0.2) is 5.76 Å². The van der Waals surface area contributed by atoms with E-state index in [1.54, 1.807) is 44.2 Å². The summed E-state index contributed by atoms with van der Waals surface area (Å²) >= 11 is 11.9. The molecule has 9 nitrogen and oxygen atoms in total. The van der Waals surface area contributed by atoms with Crippen molar-refractivity contribution >= 4 is 40.8 Å². The average molecular weight is 483 g/mol. The number of aliphatic hydroxyl groups is 1. The quantitative estimate of drug-likeness (QED) is 0.449. The molecule has 0 bridgehead atoms. The number of halogens is 2. The van der Waals surface area contributed by atoms with E-state index in [4.69, 9.17) is 32.5 Å². The largest absolute Gasteiger partial charge is 0.394 e. The van der Waals surface area contributed by atoms with Gasteiger partial charge in [-0.1, -0.05) is 46.6 Å². The molecule has 4 N–H and O–H groups in total. The number of amides is 3. The lowest BCUT2D eigenvalue weighted by Crippen LogP contribution is -2.50. The van der Waals surface area contributed by atoms with E-state index in [9.17, 15) is 14.7 Å². The van der Waals surface area contributed by atoms with E-state index >= 15 is 0 Å². The Morgan fingerprint density at radius 2 is 1.97 bits per heavy atom. The zero-order valence-corrected chi connectivity index (χ0v) is 19.0. The van der Waals surface area contributed by atoms with Crippen molar-refractivity contribution in [2.24, 2.45) is 0 Å². The smallest absolute Gasteiger partial charge is 0.319 e. The summed E-state index contributed by atoms with van der Waals surface area (Å²) in [5.41, 5.74) is 1.86. The van der Waals surface area contributed by atoms with Crippen molar-refractivity contribution < 1.29 is 24.0 Å². The molecule has 172 valence electrons. The van der Waals surface area contributed by atoms with Crippen molar-refractivity contribution in [3.05, 3.63) is 57.4 Å². The van der Waals surface area contributed by atoms with Crippen LogP contribution in [0.15, 0.2) is 34.9 Å². The van der Waals surface area contributed by atoms with E-state index in [2.05, 4.69) is 21.1 Å². The van der Waals surface area contributed by atoms with Crippen LogP contribution >= 0.6 is 23.2 Å². The van der Waals surface area contributed by atoms with Crippen molar-refractivity contribution in [1.82, 2.24) is 15.8 Å². The Balaban J connectivity index is 1.51. The van der Waals surface area contributed by atoms with Gasteiger partial charge in [-0.2, -0.15) is 0 Å². The van der Waals surface area contributed by atoms with Gasteiger partial charge in [0.2, 0.25) is 5.91 Å². The molecule has 0 spiro atoms. The third-order valence-electron chi connectivity index (χ3n) is 4.89. The second-order valence-corrected chi connectivity index (χ2v) is 8.15. The van der Waals surface area contributed by atoms with Crippen LogP contribution in [-0.4, -0.2) is 47.1 Å². The summed E-state index contributed by atoms with van der Waals surface area (Å²) in [7, 11) is 0. The average Bonchev–Trinajstić information content (AvgIpc) is 3.07. The SMILES string of the molecule is Cc1noc(C)c1NC(=O)N[C@H]1C=C[C@@H](CC(=O)NCc2ccc(Cl)c(Cl)c2)O[C@@H]1CO. The molecule has 3 amide bonds. The van der Waals surface area contributed by atoms with Gasteiger partial charge in [-0.25, -0.2) is 4.79 Å². The number of aryl methyl sites for hydroxylation is 2. The van der Waals surface area contributed by atoms with Gasteiger partial charge in [0.05, 0.1) is 35.2 Å². The van der Waals surface area contributed by atoms with Crippen LogP contribution in [0.5, 0.6) is 0 Å². The number of benzene rings is 1. The minimum atomic E-state index is -0.705. The van der Waals surface area contributed by atoms with Gasteiger partial charge in [-0.15, -0.1) is 0 Å². The highest BCUT2D eigenvalue weighted by Gasteiger charge is 2.29. The maximum Gasteiger partial charge on any atom is 0.319 e. The summed E-state index contributed by atoms with van der Waals surface area (Å²) < 4.78 is 10.8. The molecule has 0 radical (unpaired) electrons. The molecule has 0 fully saturated rings. The Labute approximate surface area is 195 Å². The van der Waals surface area contributed by atoms with Crippen molar-refractivity contribution in [3.8, 4) is 0 Å². The third-order valence-corrected chi connectivity index (χ3v) is 5.63. The molecule has 1 aliphatic heterocycles. The van der Waals surface area contributed by atoms with E-state index in [0.717, 1.165) is 5.56 Å². The van der Waals surface area contributed by atoms with Gasteiger partial charge in [-0.3, -0.25) is 4.79 Å². The van der Waals surface area contributed by atoms with Gasteiger partial charge < -0.3 is 30.3 Å². The van der Waals surface area contributed by atoms with E-state index < -0.39 is 24.3 Å². The van der Waals surface area contributed by atoms with Crippen molar-refractivity contribution in [2.75, 3.05) is 11.9 Å². The molecule has 0 saturated carbocycles. The summed E-state index contributed by atoms with van der Waals surface area (Å²) in [5, 5.41) is 22.5. The molecule has 0 aliphatic carbocycles. The topological polar surface area (TPSA) is 126 Å². The molecule has 3 atom stereocenters. The van der Waals surface area contributed by atoms with Crippen LogP contribution in [-0.2, 0) is 16.1 Å². The highest BCUT2D eigenvalue weighted by Crippen LogP contribution is 2.23. The Kier molecular flexibility index (Phi) is 8.14. The number of aliphatic hydroxyl groups excluding tert-OH is 1. The molecule has 1 aromatic carbocycles. The van der Waals surface area contributed by atoms with Crippen LogP contribution in [0.4, 0.5) is 10.5 Å². The fourth-order valence-corrected chi connectivity index (χ4v) is 3.52. The van der Waals surface area contributed by atoms with Crippen LogP contribution in [0.1, 0.15) is 23.4 Å². The molecular weight excluding hydrogens is 459 g/mol. The number of hydrogen-bond acceptors (Lipinski definition) is 6. The highest BCUT2D eigenvalue weighted by atomic mass is 35.5. The monoisotopic (exact) mass is 482 g/mol. The van der Waals surface area contributed by atoms with Gasteiger partial charge in [0.25, 0.3) is 0 Å². The minimum absolute atomic E-state index is 0.0618. The van der Waals surface area contributed by atoms with E-state index in [0.29, 0.717) is 33.7 Å². The number of rotatable bonds is 7. The first-order valence-electron chi connectivity index (χ1n) is 9.92.